The van der Waals surface area contributed by atoms with Gasteiger partial charge >= 0.3 is 15.2 Å². The zero-order chi connectivity index (χ0) is 16.5. The molecule has 0 spiro atoms. The number of aliphatic hydroxyl groups is 1. The maximum Gasteiger partial charge on any atom is 0.369 e. The van der Waals surface area contributed by atoms with Crippen LogP contribution in [0.2, 0.25) is 0 Å². The molecule has 1 rings (SSSR count). The largest absolute Gasteiger partial charge is 0.369 e. The molecule has 0 unspecified atom stereocenters. The van der Waals surface area contributed by atoms with Crippen LogP contribution in [0.25, 0.3) is 0 Å². The van der Waals surface area contributed by atoms with Crippen molar-refractivity contribution in [2.24, 2.45) is 0 Å². The summed E-state index contributed by atoms with van der Waals surface area (Å²) in [6.45, 7) is 0. The number of rotatable bonds is 6. The predicted molar refractivity (Wildman–Crippen MR) is 77.8 cm³/mol. The monoisotopic (exact) mass is 345 g/mol. The molecule has 1 fully saturated rings. The van der Waals surface area contributed by atoms with Crippen molar-refractivity contribution >= 4 is 15.2 Å². The van der Waals surface area contributed by atoms with Gasteiger partial charge in [-0.05, 0) is 33.4 Å². The zero-order valence-corrected chi connectivity index (χ0v) is 14.1. The Balaban J connectivity index is 3.01. The highest BCUT2D eigenvalue weighted by molar-refractivity contribution is 7.72. The average molecular weight is 345 g/mol. The van der Waals surface area contributed by atoms with Crippen LogP contribution in [0.15, 0.2) is 0 Å². The molecule has 8 nitrogen and oxygen atoms in total. The minimum absolute atomic E-state index is 0.118. The van der Waals surface area contributed by atoms with Crippen LogP contribution in [-0.2, 0) is 9.13 Å². The second kappa shape index (κ2) is 6.38. The van der Waals surface area contributed by atoms with Crippen LogP contribution in [0.3, 0.4) is 0 Å². The van der Waals surface area contributed by atoms with E-state index in [1.165, 1.54) is 0 Å². The molecule has 1 saturated carbocycles. The molecule has 0 bridgehead atoms. The summed E-state index contributed by atoms with van der Waals surface area (Å²) in [5.41, 5.74) is -0.392. The molecular weight excluding hydrogens is 320 g/mol. The van der Waals surface area contributed by atoms with E-state index in [9.17, 15) is 33.8 Å². The quantitative estimate of drug-likeness (QED) is 0.450. The van der Waals surface area contributed by atoms with Crippen molar-refractivity contribution in [2.45, 2.75) is 55.6 Å². The zero-order valence-electron chi connectivity index (χ0n) is 12.3. The van der Waals surface area contributed by atoms with Crippen LogP contribution >= 0.6 is 15.2 Å². The summed E-state index contributed by atoms with van der Waals surface area (Å²) in [5, 5.41) is 6.66. The molecule has 0 radical (unpaired) electrons. The second-order valence-corrected chi connectivity index (χ2v) is 10.1. The fraction of sp³-hybridized carbons (Fsp3) is 1.00. The van der Waals surface area contributed by atoms with Gasteiger partial charge in [-0.2, -0.15) is 0 Å². The smallest absolute Gasteiger partial charge is 0.368 e. The molecule has 0 saturated heterocycles. The first-order valence-electron chi connectivity index (χ1n) is 6.87. The summed E-state index contributed by atoms with van der Waals surface area (Å²) < 4.78 is 22.8. The Morgan fingerprint density at radius 2 is 1.43 bits per heavy atom. The molecule has 0 aromatic heterocycles. The second-order valence-electron chi connectivity index (χ2n) is 6.04. The van der Waals surface area contributed by atoms with Crippen molar-refractivity contribution < 1.29 is 33.8 Å². The van der Waals surface area contributed by atoms with Crippen molar-refractivity contribution in [3.05, 3.63) is 0 Å². The number of hydrogen-bond donors (Lipinski definition) is 5. The minimum Gasteiger partial charge on any atom is -0.368 e. The van der Waals surface area contributed by atoms with E-state index in [0.29, 0.717) is 0 Å². The van der Waals surface area contributed by atoms with E-state index in [1.54, 1.807) is 0 Å². The maximum absolute atomic E-state index is 11.4. The van der Waals surface area contributed by atoms with Crippen LogP contribution < -0.4 is 0 Å². The molecule has 5 N–H and O–H groups in total. The van der Waals surface area contributed by atoms with Crippen molar-refractivity contribution in [2.75, 3.05) is 14.1 Å². The summed E-state index contributed by atoms with van der Waals surface area (Å²) in [7, 11) is -7.06. The van der Waals surface area contributed by atoms with Gasteiger partial charge in [0.05, 0.1) is 0 Å². The summed E-state index contributed by atoms with van der Waals surface area (Å²) in [6.07, 6.45) is 3.99. The van der Waals surface area contributed by atoms with E-state index < -0.39 is 32.2 Å². The highest BCUT2D eigenvalue weighted by Gasteiger charge is 2.59. The third kappa shape index (κ3) is 3.95. The summed E-state index contributed by atoms with van der Waals surface area (Å²) in [5.74, 6) is 0. The Bertz CT molecular complexity index is 427. The molecule has 0 heterocycles. The van der Waals surface area contributed by atoms with Gasteiger partial charge in [0.15, 0.2) is 0 Å². The van der Waals surface area contributed by atoms with Crippen LogP contribution in [-0.4, -0.2) is 54.3 Å². The van der Waals surface area contributed by atoms with E-state index >= 15 is 0 Å². The molecule has 21 heavy (non-hydrogen) atoms. The van der Waals surface area contributed by atoms with Crippen molar-refractivity contribution in [1.29, 1.82) is 0 Å². The third-order valence-corrected chi connectivity index (χ3v) is 8.47. The van der Waals surface area contributed by atoms with E-state index in [4.69, 9.17) is 0 Å². The van der Waals surface area contributed by atoms with E-state index in [-0.39, 0.29) is 6.42 Å². The van der Waals surface area contributed by atoms with E-state index in [0.717, 1.165) is 32.1 Å². The highest BCUT2D eigenvalue weighted by Crippen LogP contribution is 2.69. The first-order chi connectivity index (χ1) is 9.36. The topological polar surface area (TPSA) is 139 Å². The van der Waals surface area contributed by atoms with Crippen LogP contribution in [0.5, 0.6) is 0 Å². The summed E-state index contributed by atoms with van der Waals surface area (Å²) >= 11 is 0. The normalized spacial score (nSPS) is 20.8. The molecule has 0 aromatic carbocycles. The Kier molecular flexibility index (Phi) is 5.85. The Morgan fingerprint density at radius 3 is 1.76 bits per heavy atom. The van der Waals surface area contributed by atoms with Gasteiger partial charge < -0.3 is 29.6 Å². The van der Waals surface area contributed by atoms with Crippen LogP contribution in [0.1, 0.15) is 44.9 Å². The lowest BCUT2D eigenvalue weighted by atomic mass is 9.77. The molecule has 0 aromatic rings. The fourth-order valence-electron chi connectivity index (χ4n) is 2.99. The van der Waals surface area contributed by atoms with Crippen molar-refractivity contribution in [3.63, 3.8) is 0 Å². The standard InChI is InChI=1S/C11H25NO7P2/c1-12(2)10(6-4-3-5-7-10)8-9-11(13,20(14,15)16)21(17,18)19/h13H,3-9H2,1-2H3,(H2,14,15,16)(H2,17,18,19). The highest BCUT2D eigenvalue weighted by atomic mass is 31.2. The van der Waals surface area contributed by atoms with Crippen LogP contribution in [0.4, 0.5) is 0 Å². The predicted octanol–water partition coefficient (Wildman–Crippen LogP) is 1.03. The molecule has 0 amide bonds. The lowest BCUT2D eigenvalue weighted by Crippen LogP contribution is -2.47. The Labute approximate surface area is 124 Å². The molecule has 0 atom stereocenters. The van der Waals surface area contributed by atoms with Gasteiger partial charge in [-0.25, -0.2) is 0 Å². The number of hydrogen-bond acceptors (Lipinski definition) is 4. The Morgan fingerprint density at radius 1 is 1.00 bits per heavy atom. The first kappa shape index (κ1) is 19.3. The van der Waals surface area contributed by atoms with Gasteiger partial charge in [0, 0.05) is 12.0 Å². The molecule has 1 aliphatic carbocycles. The van der Waals surface area contributed by atoms with Gasteiger partial charge in [-0.15, -0.1) is 0 Å². The molecule has 10 heteroatoms. The molecular formula is C11H25NO7P2. The Hall–Kier alpha value is 0.220. The molecule has 1 aliphatic rings. The van der Waals surface area contributed by atoms with Crippen molar-refractivity contribution in [1.82, 2.24) is 4.90 Å². The van der Waals surface area contributed by atoms with Crippen molar-refractivity contribution in [3.8, 4) is 0 Å². The summed E-state index contributed by atoms with van der Waals surface area (Å²) in [4.78, 5) is 38.6. The van der Waals surface area contributed by atoms with Gasteiger partial charge in [-0.1, -0.05) is 19.3 Å². The van der Waals surface area contributed by atoms with Gasteiger partial charge in [0.25, 0.3) is 5.08 Å². The summed E-state index contributed by atoms with van der Waals surface area (Å²) in [6, 6.07) is 0. The van der Waals surface area contributed by atoms with E-state index in [2.05, 4.69) is 0 Å². The van der Waals surface area contributed by atoms with Gasteiger partial charge in [0.1, 0.15) is 0 Å². The van der Waals surface area contributed by atoms with Gasteiger partial charge in [0.2, 0.25) is 0 Å². The lowest BCUT2D eigenvalue weighted by Gasteiger charge is -2.44. The van der Waals surface area contributed by atoms with E-state index in [1.807, 2.05) is 19.0 Å². The molecule has 0 aliphatic heterocycles. The third-order valence-electron chi connectivity index (χ3n) is 4.59. The first-order valence-corrected chi connectivity index (χ1v) is 10.1. The van der Waals surface area contributed by atoms with Gasteiger partial charge in [-0.3, -0.25) is 9.13 Å². The maximum atomic E-state index is 11.4. The lowest BCUT2D eigenvalue weighted by molar-refractivity contribution is 0.0576. The number of nitrogens with zero attached hydrogens (tertiary/aromatic N) is 1. The minimum atomic E-state index is -5.36. The average Bonchev–Trinajstić information content (AvgIpc) is 2.34. The molecule has 126 valence electrons. The van der Waals surface area contributed by atoms with Crippen LogP contribution in [0, 0.1) is 0 Å². The SMILES string of the molecule is CN(C)C1(CCC(O)(P(=O)(O)O)P(=O)(O)O)CCCCC1. The fourth-order valence-corrected chi connectivity index (χ4v) is 5.16.